The van der Waals surface area contributed by atoms with Crippen LogP contribution >= 0.6 is 0 Å². The predicted molar refractivity (Wildman–Crippen MR) is 124 cm³/mol. The van der Waals surface area contributed by atoms with Crippen LogP contribution in [0.1, 0.15) is 25.8 Å². The minimum Gasteiger partial charge on any atom is -0.480 e. The van der Waals surface area contributed by atoms with E-state index in [1.807, 2.05) is 44.2 Å². The van der Waals surface area contributed by atoms with Gasteiger partial charge in [-0.1, -0.05) is 44.2 Å². The molecule has 10 nitrogen and oxygen atoms in total. The van der Waals surface area contributed by atoms with Gasteiger partial charge in [-0.2, -0.15) is 4.31 Å². The normalized spacial score (nSPS) is 18.1. The molecular weight excluding hydrogens is 462 g/mol. The molecule has 1 aliphatic heterocycles. The number of hydrogen-bond donors (Lipinski definition) is 1. The number of sulfonamides is 1. The summed E-state index contributed by atoms with van der Waals surface area (Å²) in [6.45, 7) is 3.12. The second-order valence-electron chi connectivity index (χ2n) is 8.67. The van der Waals surface area contributed by atoms with E-state index in [4.69, 9.17) is 0 Å². The van der Waals surface area contributed by atoms with Crippen LogP contribution in [0, 0.1) is 16.0 Å². The summed E-state index contributed by atoms with van der Waals surface area (Å²) < 4.78 is 28.0. The van der Waals surface area contributed by atoms with Gasteiger partial charge in [-0.25, -0.2) is 13.2 Å². The van der Waals surface area contributed by atoms with E-state index in [0.717, 1.165) is 34.1 Å². The van der Waals surface area contributed by atoms with Gasteiger partial charge in [0.15, 0.2) is 0 Å². The molecule has 2 aromatic rings. The van der Waals surface area contributed by atoms with Crippen LogP contribution < -0.4 is 0 Å². The zero-order chi connectivity index (χ0) is 25.0. The lowest BCUT2D eigenvalue weighted by Gasteiger charge is -2.42. The second kappa shape index (κ2) is 10.3. The molecule has 34 heavy (non-hydrogen) atoms. The molecular formula is C23H27N3O7S. The molecule has 2 aromatic carbocycles. The molecule has 0 spiro atoms. The summed E-state index contributed by atoms with van der Waals surface area (Å²) in [5.41, 5.74) is 0.583. The number of rotatable bonds is 9. The van der Waals surface area contributed by atoms with E-state index >= 15 is 0 Å². The number of carbonyl (C=O) groups is 2. The number of benzene rings is 2. The maximum atomic E-state index is 13.5. The van der Waals surface area contributed by atoms with Crippen LogP contribution in [-0.4, -0.2) is 64.7 Å². The van der Waals surface area contributed by atoms with Crippen LogP contribution in [0.25, 0.3) is 0 Å². The molecule has 1 saturated heterocycles. The Morgan fingerprint density at radius 3 is 2.29 bits per heavy atom. The summed E-state index contributed by atoms with van der Waals surface area (Å²) in [4.78, 5) is 36.4. The van der Waals surface area contributed by atoms with Gasteiger partial charge >= 0.3 is 5.97 Å². The standard InChI is InChI=1S/C23H27N3O7S/c1-16(2)12-21(23(28)29)24-14-19(13-17-6-4-3-5-7-17)25(15-22(24)27)34(32,33)20-10-8-18(9-11-20)26(30)31/h3-11,16,19,21H,12-15H2,1-2H3,(H,28,29)/t19-,21+/m1/s1. The van der Waals surface area contributed by atoms with Crippen molar-refractivity contribution in [2.24, 2.45) is 5.92 Å². The molecule has 0 bridgehead atoms. The van der Waals surface area contributed by atoms with E-state index in [-0.39, 0.29) is 35.9 Å². The van der Waals surface area contributed by atoms with Crippen LogP contribution in [0.15, 0.2) is 59.5 Å². The zero-order valence-corrected chi connectivity index (χ0v) is 19.7. The van der Waals surface area contributed by atoms with Crippen LogP contribution in [0.4, 0.5) is 5.69 Å². The number of nitrogens with zero attached hydrogens (tertiary/aromatic N) is 3. The highest BCUT2D eigenvalue weighted by Gasteiger charge is 2.43. The Hall–Kier alpha value is -3.31. The molecule has 0 radical (unpaired) electrons. The third-order valence-corrected chi connectivity index (χ3v) is 7.66. The first-order chi connectivity index (χ1) is 16.0. The van der Waals surface area contributed by atoms with Gasteiger partial charge in [0.1, 0.15) is 6.04 Å². The highest BCUT2D eigenvalue weighted by atomic mass is 32.2. The summed E-state index contributed by atoms with van der Waals surface area (Å²) in [7, 11) is -4.18. The van der Waals surface area contributed by atoms with E-state index in [1.165, 1.54) is 4.90 Å². The number of carboxylic acid groups (broad SMARTS) is 1. The van der Waals surface area contributed by atoms with Gasteiger partial charge in [-0.3, -0.25) is 14.9 Å². The Morgan fingerprint density at radius 2 is 1.76 bits per heavy atom. The summed E-state index contributed by atoms with van der Waals surface area (Å²) in [5.74, 6) is -1.71. The molecule has 1 N–H and O–H groups in total. The fraction of sp³-hybridized carbons (Fsp3) is 0.391. The lowest BCUT2D eigenvalue weighted by Crippen LogP contribution is -2.62. The number of aliphatic carboxylic acids is 1. The second-order valence-corrected chi connectivity index (χ2v) is 10.6. The van der Waals surface area contributed by atoms with E-state index in [2.05, 4.69) is 0 Å². The Bertz CT molecular complexity index is 1150. The minimum absolute atomic E-state index is 0.0170. The maximum absolute atomic E-state index is 13.5. The largest absolute Gasteiger partial charge is 0.480 e. The van der Waals surface area contributed by atoms with Gasteiger partial charge in [0.2, 0.25) is 15.9 Å². The van der Waals surface area contributed by atoms with E-state index in [9.17, 15) is 33.2 Å². The number of carboxylic acids is 1. The first-order valence-electron chi connectivity index (χ1n) is 10.8. The molecule has 1 heterocycles. The van der Waals surface area contributed by atoms with Gasteiger partial charge in [-0.15, -0.1) is 0 Å². The minimum atomic E-state index is -4.18. The first kappa shape index (κ1) is 25.3. The van der Waals surface area contributed by atoms with Crippen molar-refractivity contribution in [2.45, 2.75) is 43.7 Å². The van der Waals surface area contributed by atoms with Crippen molar-refractivity contribution in [3.8, 4) is 0 Å². The highest BCUT2D eigenvalue weighted by molar-refractivity contribution is 7.89. The number of hydrogen-bond acceptors (Lipinski definition) is 6. The summed E-state index contributed by atoms with van der Waals surface area (Å²) in [6, 6.07) is 11.8. The van der Waals surface area contributed by atoms with Crippen molar-refractivity contribution >= 4 is 27.6 Å². The molecule has 0 unspecified atom stereocenters. The number of carbonyl (C=O) groups excluding carboxylic acids is 1. The van der Waals surface area contributed by atoms with E-state index < -0.39 is 45.5 Å². The number of nitro groups is 1. The van der Waals surface area contributed by atoms with Gasteiger partial charge in [0.25, 0.3) is 5.69 Å². The van der Waals surface area contributed by atoms with Crippen LogP contribution in [-0.2, 0) is 26.0 Å². The van der Waals surface area contributed by atoms with E-state index in [0.29, 0.717) is 0 Å². The Kier molecular flexibility index (Phi) is 7.68. The molecule has 2 atom stereocenters. The molecule has 1 amide bonds. The summed E-state index contributed by atoms with van der Waals surface area (Å²) >= 11 is 0. The number of amides is 1. The molecule has 0 aliphatic carbocycles. The van der Waals surface area contributed by atoms with Crippen molar-refractivity contribution < 1.29 is 28.0 Å². The van der Waals surface area contributed by atoms with Crippen molar-refractivity contribution in [3.63, 3.8) is 0 Å². The molecule has 0 saturated carbocycles. The predicted octanol–water partition coefficient (Wildman–Crippen LogP) is 2.54. The van der Waals surface area contributed by atoms with Gasteiger partial charge < -0.3 is 10.0 Å². The third-order valence-electron chi connectivity index (χ3n) is 5.75. The molecule has 11 heteroatoms. The SMILES string of the molecule is CC(C)C[C@@H](C(=O)O)N1C[C@@H](Cc2ccccc2)N(S(=O)(=O)c2ccc([N+](=O)[O-])cc2)CC1=O. The topological polar surface area (TPSA) is 138 Å². The monoisotopic (exact) mass is 489 g/mol. The third kappa shape index (κ3) is 5.60. The zero-order valence-electron chi connectivity index (χ0n) is 18.9. The van der Waals surface area contributed by atoms with Crippen LogP contribution in [0.5, 0.6) is 0 Å². The Balaban J connectivity index is 1.98. The lowest BCUT2D eigenvalue weighted by atomic mass is 9.98. The van der Waals surface area contributed by atoms with Gasteiger partial charge in [0, 0.05) is 24.7 Å². The first-order valence-corrected chi connectivity index (χ1v) is 12.3. The summed E-state index contributed by atoms with van der Waals surface area (Å²) in [5, 5.41) is 20.7. The Morgan fingerprint density at radius 1 is 1.15 bits per heavy atom. The molecule has 0 aromatic heterocycles. The smallest absolute Gasteiger partial charge is 0.326 e. The summed E-state index contributed by atoms with van der Waals surface area (Å²) in [6.07, 6.45) is 0.513. The van der Waals surface area contributed by atoms with Crippen LogP contribution in [0.2, 0.25) is 0 Å². The molecule has 1 aliphatic rings. The molecule has 3 rings (SSSR count). The number of nitro benzene ring substituents is 1. The number of piperazine rings is 1. The fourth-order valence-corrected chi connectivity index (χ4v) is 5.66. The van der Waals surface area contributed by atoms with Crippen LogP contribution in [0.3, 0.4) is 0 Å². The van der Waals surface area contributed by atoms with Crippen molar-refractivity contribution in [1.29, 1.82) is 0 Å². The quantitative estimate of drug-likeness (QED) is 0.422. The number of non-ortho nitro benzene ring substituents is 1. The average Bonchev–Trinajstić information content (AvgIpc) is 2.79. The van der Waals surface area contributed by atoms with Crippen molar-refractivity contribution in [2.75, 3.05) is 13.1 Å². The van der Waals surface area contributed by atoms with Crippen molar-refractivity contribution in [3.05, 3.63) is 70.3 Å². The average molecular weight is 490 g/mol. The van der Waals surface area contributed by atoms with Gasteiger partial charge in [-0.05, 0) is 36.5 Å². The lowest BCUT2D eigenvalue weighted by molar-refractivity contribution is -0.384. The fourth-order valence-electron chi connectivity index (χ4n) is 4.09. The van der Waals surface area contributed by atoms with Crippen molar-refractivity contribution in [1.82, 2.24) is 9.21 Å². The maximum Gasteiger partial charge on any atom is 0.326 e. The highest BCUT2D eigenvalue weighted by Crippen LogP contribution is 2.27. The Labute approximate surface area is 198 Å². The molecule has 182 valence electrons. The molecule has 1 fully saturated rings. The van der Waals surface area contributed by atoms with E-state index in [1.54, 1.807) is 0 Å². The van der Waals surface area contributed by atoms with Gasteiger partial charge in [0.05, 0.1) is 16.4 Å².